The molecule has 0 aliphatic rings. The standard InChI is InChI=1S/C12H21NSi/c1-12(2,3)14(4,5)10-11-8-6-7-9-13-11/h6-9H,10H2,1-5H3. The molecule has 0 atom stereocenters. The lowest BCUT2D eigenvalue weighted by atomic mass is 10.2. The zero-order valence-corrected chi connectivity index (χ0v) is 11.0. The summed E-state index contributed by atoms with van der Waals surface area (Å²) in [7, 11) is -1.21. The van der Waals surface area contributed by atoms with Crippen LogP contribution in [-0.4, -0.2) is 13.1 Å². The maximum Gasteiger partial charge on any atom is 0.0590 e. The average Bonchev–Trinajstić information content (AvgIpc) is 2.03. The molecule has 1 rings (SSSR count). The van der Waals surface area contributed by atoms with Crippen molar-refractivity contribution in [1.29, 1.82) is 0 Å². The Hall–Kier alpha value is -0.633. The number of aromatic nitrogens is 1. The number of hydrogen-bond acceptors (Lipinski definition) is 1. The van der Waals surface area contributed by atoms with Crippen LogP contribution in [0.25, 0.3) is 0 Å². The molecule has 14 heavy (non-hydrogen) atoms. The van der Waals surface area contributed by atoms with Gasteiger partial charge in [-0.05, 0) is 23.2 Å². The maximum atomic E-state index is 4.41. The van der Waals surface area contributed by atoms with Gasteiger partial charge in [0.1, 0.15) is 0 Å². The quantitative estimate of drug-likeness (QED) is 0.674. The second-order valence-electron chi connectivity index (χ2n) is 5.63. The molecule has 2 heteroatoms. The Balaban J connectivity index is 2.79. The van der Waals surface area contributed by atoms with E-state index in [1.165, 1.54) is 11.7 Å². The predicted octanol–water partition coefficient (Wildman–Crippen LogP) is 3.67. The van der Waals surface area contributed by atoms with Crippen LogP contribution in [0.4, 0.5) is 0 Å². The third kappa shape index (κ3) is 2.68. The molecular weight excluding hydrogens is 186 g/mol. The molecule has 0 unspecified atom stereocenters. The second-order valence-corrected chi connectivity index (χ2v) is 11.3. The van der Waals surface area contributed by atoms with E-state index in [0.717, 1.165) is 0 Å². The van der Waals surface area contributed by atoms with E-state index in [1.807, 2.05) is 12.3 Å². The van der Waals surface area contributed by atoms with E-state index in [1.54, 1.807) is 0 Å². The van der Waals surface area contributed by atoms with Gasteiger partial charge >= 0.3 is 0 Å². The Kier molecular flexibility index (Phi) is 3.15. The number of pyridine rings is 1. The Labute approximate surface area is 88.6 Å². The normalized spacial score (nSPS) is 12.9. The van der Waals surface area contributed by atoms with Crippen LogP contribution in [0.2, 0.25) is 18.1 Å². The van der Waals surface area contributed by atoms with Crippen molar-refractivity contribution in [2.75, 3.05) is 0 Å². The summed E-state index contributed by atoms with van der Waals surface area (Å²) in [4.78, 5) is 4.41. The fourth-order valence-corrected chi connectivity index (χ4v) is 2.87. The minimum absolute atomic E-state index is 0.449. The first-order valence-electron chi connectivity index (χ1n) is 5.23. The van der Waals surface area contributed by atoms with Gasteiger partial charge in [0.2, 0.25) is 0 Å². The van der Waals surface area contributed by atoms with Crippen molar-refractivity contribution in [1.82, 2.24) is 4.98 Å². The lowest BCUT2D eigenvalue weighted by Crippen LogP contribution is -2.40. The molecule has 78 valence electrons. The minimum Gasteiger partial charge on any atom is -0.262 e. The van der Waals surface area contributed by atoms with Crippen molar-refractivity contribution in [2.24, 2.45) is 0 Å². The molecule has 1 nitrogen and oxygen atoms in total. The summed E-state index contributed by atoms with van der Waals surface area (Å²) >= 11 is 0. The van der Waals surface area contributed by atoms with Crippen molar-refractivity contribution in [3.63, 3.8) is 0 Å². The molecule has 0 aliphatic carbocycles. The van der Waals surface area contributed by atoms with Crippen LogP contribution < -0.4 is 0 Å². The number of rotatable bonds is 2. The van der Waals surface area contributed by atoms with Gasteiger partial charge in [-0.15, -0.1) is 0 Å². The monoisotopic (exact) mass is 207 g/mol. The van der Waals surface area contributed by atoms with E-state index in [4.69, 9.17) is 0 Å². The van der Waals surface area contributed by atoms with Crippen LogP contribution in [-0.2, 0) is 6.04 Å². The Morgan fingerprint density at radius 1 is 1.21 bits per heavy atom. The molecule has 1 aromatic heterocycles. The highest BCUT2D eigenvalue weighted by Crippen LogP contribution is 2.37. The van der Waals surface area contributed by atoms with Gasteiger partial charge in [0, 0.05) is 11.9 Å². The van der Waals surface area contributed by atoms with Crippen molar-refractivity contribution >= 4 is 8.07 Å². The Morgan fingerprint density at radius 3 is 2.29 bits per heavy atom. The van der Waals surface area contributed by atoms with Crippen LogP contribution >= 0.6 is 0 Å². The highest BCUT2D eigenvalue weighted by molar-refractivity contribution is 6.79. The molecule has 1 aromatic rings. The smallest absolute Gasteiger partial charge is 0.0590 e. The highest BCUT2D eigenvalue weighted by Gasteiger charge is 2.35. The largest absolute Gasteiger partial charge is 0.262 e. The molecule has 0 spiro atoms. The summed E-state index contributed by atoms with van der Waals surface area (Å²) in [6.07, 6.45) is 1.89. The molecule has 0 saturated heterocycles. The topological polar surface area (TPSA) is 12.9 Å². The zero-order valence-electron chi connectivity index (χ0n) is 9.96. The van der Waals surface area contributed by atoms with Crippen LogP contribution in [0.5, 0.6) is 0 Å². The van der Waals surface area contributed by atoms with Gasteiger partial charge in [0.05, 0.1) is 8.07 Å². The fourth-order valence-electron chi connectivity index (χ4n) is 1.22. The van der Waals surface area contributed by atoms with Crippen molar-refractivity contribution < 1.29 is 0 Å². The summed E-state index contributed by atoms with van der Waals surface area (Å²) in [5.74, 6) is 0. The lowest BCUT2D eigenvalue weighted by molar-refractivity contribution is 0.712. The molecule has 0 radical (unpaired) electrons. The van der Waals surface area contributed by atoms with Crippen LogP contribution in [0.15, 0.2) is 24.4 Å². The van der Waals surface area contributed by atoms with Crippen LogP contribution in [0.1, 0.15) is 26.5 Å². The van der Waals surface area contributed by atoms with Gasteiger partial charge in [0.25, 0.3) is 0 Å². The summed E-state index contributed by atoms with van der Waals surface area (Å²) < 4.78 is 0. The van der Waals surface area contributed by atoms with E-state index in [0.29, 0.717) is 5.04 Å². The summed E-state index contributed by atoms with van der Waals surface area (Å²) in [6, 6.07) is 7.38. The van der Waals surface area contributed by atoms with E-state index >= 15 is 0 Å². The Bertz CT molecular complexity index is 285. The van der Waals surface area contributed by atoms with Crippen molar-refractivity contribution in [2.45, 2.75) is 44.9 Å². The van der Waals surface area contributed by atoms with Gasteiger partial charge in [-0.2, -0.15) is 0 Å². The first kappa shape index (κ1) is 11.4. The number of nitrogens with zero attached hydrogens (tertiary/aromatic N) is 1. The molecule has 0 amide bonds. The second kappa shape index (κ2) is 3.85. The number of hydrogen-bond donors (Lipinski definition) is 0. The van der Waals surface area contributed by atoms with E-state index < -0.39 is 8.07 Å². The first-order chi connectivity index (χ1) is 6.33. The molecule has 0 bridgehead atoms. The van der Waals surface area contributed by atoms with Crippen LogP contribution in [0, 0.1) is 0 Å². The molecule has 1 heterocycles. The molecule has 0 aliphatic heterocycles. The summed E-state index contributed by atoms with van der Waals surface area (Å²) in [5.41, 5.74) is 1.25. The molecule has 0 saturated carbocycles. The summed E-state index contributed by atoms with van der Waals surface area (Å²) in [5, 5.41) is 0.449. The molecule has 0 N–H and O–H groups in total. The fraction of sp³-hybridized carbons (Fsp3) is 0.583. The first-order valence-corrected chi connectivity index (χ1v) is 8.43. The Morgan fingerprint density at radius 2 is 1.86 bits per heavy atom. The van der Waals surface area contributed by atoms with Gasteiger partial charge in [-0.3, -0.25) is 4.98 Å². The highest BCUT2D eigenvalue weighted by atomic mass is 28.3. The zero-order chi connectivity index (χ0) is 10.8. The van der Waals surface area contributed by atoms with Gasteiger partial charge in [-0.1, -0.05) is 39.9 Å². The lowest BCUT2D eigenvalue weighted by Gasteiger charge is -2.36. The average molecular weight is 207 g/mol. The maximum absolute atomic E-state index is 4.41. The molecule has 0 fully saturated rings. The van der Waals surface area contributed by atoms with Gasteiger partial charge < -0.3 is 0 Å². The van der Waals surface area contributed by atoms with Crippen LogP contribution in [0.3, 0.4) is 0 Å². The van der Waals surface area contributed by atoms with Gasteiger partial charge in [-0.25, -0.2) is 0 Å². The van der Waals surface area contributed by atoms with E-state index in [2.05, 4.69) is 51.0 Å². The van der Waals surface area contributed by atoms with E-state index in [9.17, 15) is 0 Å². The van der Waals surface area contributed by atoms with E-state index in [-0.39, 0.29) is 0 Å². The van der Waals surface area contributed by atoms with Crippen molar-refractivity contribution in [3.05, 3.63) is 30.1 Å². The summed E-state index contributed by atoms with van der Waals surface area (Å²) in [6.45, 7) is 11.9. The third-order valence-electron chi connectivity index (χ3n) is 3.38. The predicted molar refractivity (Wildman–Crippen MR) is 65.1 cm³/mol. The molecule has 0 aromatic carbocycles. The van der Waals surface area contributed by atoms with Gasteiger partial charge in [0.15, 0.2) is 0 Å². The molecular formula is C12H21NSi. The minimum atomic E-state index is -1.21. The SMILES string of the molecule is CC(C)(C)[Si](C)(C)Cc1ccccn1. The van der Waals surface area contributed by atoms with Crippen molar-refractivity contribution in [3.8, 4) is 0 Å². The third-order valence-corrected chi connectivity index (χ3v) is 8.69.